The van der Waals surface area contributed by atoms with Gasteiger partial charge in [0.2, 0.25) is 0 Å². The maximum atomic E-state index is 13.5. The monoisotopic (exact) mass is 492 g/mol. The number of methoxy groups -OCH3 is 2. The van der Waals surface area contributed by atoms with Gasteiger partial charge in [0.25, 0.3) is 5.91 Å². The third kappa shape index (κ3) is 7.73. The van der Waals surface area contributed by atoms with Crippen LogP contribution in [0.3, 0.4) is 0 Å². The van der Waals surface area contributed by atoms with E-state index < -0.39 is 17.8 Å². The van der Waals surface area contributed by atoms with Crippen molar-refractivity contribution in [1.82, 2.24) is 9.80 Å². The molecule has 9 nitrogen and oxygen atoms in total. The topological polar surface area (TPSA) is 86.8 Å². The van der Waals surface area contributed by atoms with E-state index in [2.05, 4.69) is 0 Å². The highest BCUT2D eigenvalue weighted by Gasteiger charge is 2.39. The number of benzene rings is 1. The van der Waals surface area contributed by atoms with Gasteiger partial charge in [-0.15, -0.1) is 0 Å². The third-order valence-electron chi connectivity index (χ3n) is 5.87. The molecule has 0 unspecified atom stereocenters. The first-order valence-corrected chi connectivity index (χ1v) is 12.3. The first kappa shape index (κ1) is 27.1. The average molecular weight is 493 g/mol. The quantitative estimate of drug-likeness (QED) is 0.462. The van der Waals surface area contributed by atoms with Crippen LogP contribution in [0.25, 0.3) is 0 Å². The van der Waals surface area contributed by atoms with Crippen molar-refractivity contribution in [2.75, 3.05) is 47.1 Å². The fourth-order valence-electron chi connectivity index (χ4n) is 4.10. The highest BCUT2D eigenvalue weighted by atomic mass is 16.6. The minimum atomic E-state index is -0.707. The Balaban J connectivity index is 1.71. The summed E-state index contributed by atoms with van der Waals surface area (Å²) >= 11 is 0. The van der Waals surface area contributed by atoms with Crippen molar-refractivity contribution in [2.24, 2.45) is 0 Å². The molecule has 0 spiro atoms. The minimum Gasteiger partial charge on any atom is -0.493 e. The van der Waals surface area contributed by atoms with Gasteiger partial charge in [-0.25, -0.2) is 4.79 Å². The van der Waals surface area contributed by atoms with Crippen LogP contribution in [0.15, 0.2) is 12.1 Å². The third-order valence-corrected chi connectivity index (χ3v) is 5.87. The van der Waals surface area contributed by atoms with Gasteiger partial charge < -0.3 is 33.5 Å². The van der Waals surface area contributed by atoms with E-state index in [-0.39, 0.29) is 18.5 Å². The van der Waals surface area contributed by atoms with Crippen LogP contribution in [0.1, 0.15) is 51.2 Å². The zero-order valence-electron chi connectivity index (χ0n) is 21.9. The van der Waals surface area contributed by atoms with Crippen LogP contribution < -0.4 is 9.47 Å². The van der Waals surface area contributed by atoms with Crippen molar-refractivity contribution in [3.8, 4) is 11.5 Å². The van der Waals surface area contributed by atoms with Gasteiger partial charge in [-0.3, -0.25) is 4.79 Å². The standard InChI is InChI=1S/C26H40N2O7/c1-18-14-19(15-21(23(18)32-6)33-12-7-11-31-5)16-28(20-8-9-20)24(29)22-17-27(10-13-34-22)25(30)35-26(2,3)4/h14-15,20,22H,7-13,16-17H2,1-6H3/t22-/m1/s1. The molecule has 0 aromatic heterocycles. The molecule has 1 heterocycles. The summed E-state index contributed by atoms with van der Waals surface area (Å²) < 4.78 is 27.9. The van der Waals surface area contributed by atoms with E-state index in [0.29, 0.717) is 44.4 Å². The summed E-state index contributed by atoms with van der Waals surface area (Å²) in [6.07, 6.45) is 1.56. The van der Waals surface area contributed by atoms with Gasteiger partial charge in [-0.2, -0.15) is 0 Å². The lowest BCUT2D eigenvalue weighted by Gasteiger charge is -2.36. The molecule has 1 saturated heterocycles. The van der Waals surface area contributed by atoms with Crippen molar-refractivity contribution < 1.29 is 33.3 Å². The molecule has 1 aliphatic heterocycles. The normalized spacial score (nSPS) is 18.2. The Morgan fingerprint density at radius 3 is 2.54 bits per heavy atom. The van der Waals surface area contributed by atoms with E-state index in [1.807, 2.05) is 44.7 Å². The second-order valence-corrected chi connectivity index (χ2v) is 10.1. The Bertz CT molecular complexity index is 879. The largest absolute Gasteiger partial charge is 0.493 e. The van der Waals surface area contributed by atoms with Crippen molar-refractivity contribution in [1.29, 1.82) is 0 Å². The fourth-order valence-corrected chi connectivity index (χ4v) is 4.10. The van der Waals surface area contributed by atoms with Gasteiger partial charge in [0.05, 0.1) is 26.9 Å². The van der Waals surface area contributed by atoms with Crippen molar-refractivity contribution >= 4 is 12.0 Å². The molecule has 1 aromatic rings. The molecule has 196 valence electrons. The van der Waals surface area contributed by atoms with Crippen LogP contribution in [0.5, 0.6) is 11.5 Å². The molecule has 1 saturated carbocycles. The number of carbonyl (C=O) groups excluding carboxylic acids is 2. The fraction of sp³-hybridized carbons (Fsp3) is 0.692. The Hall–Kier alpha value is -2.52. The Morgan fingerprint density at radius 2 is 1.91 bits per heavy atom. The molecule has 3 rings (SSSR count). The molecule has 1 aromatic carbocycles. The first-order valence-electron chi connectivity index (χ1n) is 12.3. The van der Waals surface area contributed by atoms with Crippen LogP contribution in [0.2, 0.25) is 0 Å². The van der Waals surface area contributed by atoms with Crippen LogP contribution >= 0.6 is 0 Å². The molecule has 35 heavy (non-hydrogen) atoms. The lowest BCUT2D eigenvalue weighted by molar-refractivity contribution is -0.150. The summed E-state index contributed by atoms with van der Waals surface area (Å²) in [5.74, 6) is 1.25. The number of hydrogen-bond donors (Lipinski definition) is 0. The van der Waals surface area contributed by atoms with E-state index in [0.717, 1.165) is 30.4 Å². The Labute approximate surface area is 208 Å². The smallest absolute Gasteiger partial charge is 0.410 e. The van der Waals surface area contributed by atoms with Gasteiger partial charge in [-0.05, 0) is 57.7 Å². The summed E-state index contributed by atoms with van der Waals surface area (Å²) in [5.41, 5.74) is 1.31. The van der Waals surface area contributed by atoms with Gasteiger partial charge >= 0.3 is 6.09 Å². The molecule has 1 atom stereocenters. The highest BCUT2D eigenvalue weighted by molar-refractivity contribution is 5.83. The second kappa shape index (κ2) is 11.9. The van der Waals surface area contributed by atoms with Gasteiger partial charge in [-0.1, -0.05) is 6.07 Å². The predicted molar refractivity (Wildman–Crippen MR) is 131 cm³/mol. The average Bonchev–Trinajstić information content (AvgIpc) is 3.64. The van der Waals surface area contributed by atoms with Crippen LogP contribution in [0, 0.1) is 6.92 Å². The zero-order chi connectivity index (χ0) is 25.6. The highest BCUT2D eigenvalue weighted by Crippen LogP contribution is 2.35. The number of hydrogen-bond acceptors (Lipinski definition) is 7. The zero-order valence-corrected chi connectivity index (χ0v) is 21.9. The summed E-state index contributed by atoms with van der Waals surface area (Å²) in [6.45, 7) is 9.91. The molecule has 2 amide bonds. The second-order valence-electron chi connectivity index (χ2n) is 10.1. The Morgan fingerprint density at radius 1 is 1.17 bits per heavy atom. The molecule has 0 radical (unpaired) electrons. The molecular formula is C26H40N2O7. The van der Waals surface area contributed by atoms with Crippen molar-refractivity contribution in [3.63, 3.8) is 0 Å². The molecule has 2 aliphatic rings. The SMILES string of the molecule is COCCCOc1cc(CN(C(=O)[C@H]2CN(C(=O)OC(C)(C)C)CCO2)C2CC2)cc(C)c1OC. The molecule has 9 heteroatoms. The number of aryl methyl sites for hydroxylation is 1. The number of ether oxygens (including phenoxy) is 5. The maximum absolute atomic E-state index is 13.5. The van der Waals surface area contributed by atoms with Crippen molar-refractivity contribution in [2.45, 2.75) is 71.2 Å². The van der Waals surface area contributed by atoms with Gasteiger partial charge in [0, 0.05) is 39.3 Å². The van der Waals surface area contributed by atoms with Gasteiger partial charge in [0.1, 0.15) is 5.60 Å². The molecule has 0 N–H and O–H groups in total. The van der Waals surface area contributed by atoms with Crippen LogP contribution in [0.4, 0.5) is 4.79 Å². The van der Waals surface area contributed by atoms with E-state index >= 15 is 0 Å². The summed E-state index contributed by atoms with van der Waals surface area (Å²) in [4.78, 5) is 29.5. The molecular weight excluding hydrogens is 452 g/mol. The molecule has 0 bridgehead atoms. The van der Waals surface area contributed by atoms with Crippen LogP contribution in [-0.2, 0) is 25.5 Å². The summed E-state index contributed by atoms with van der Waals surface area (Å²) in [7, 11) is 3.29. The molecule has 2 fully saturated rings. The number of nitrogens with zero attached hydrogens (tertiary/aromatic N) is 2. The minimum absolute atomic E-state index is 0.100. The predicted octanol–water partition coefficient (Wildman–Crippen LogP) is 3.55. The number of amides is 2. The summed E-state index contributed by atoms with van der Waals surface area (Å²) in [6, 6.07) is 4.14. The lowest BCUT2D eigenvalue weighted by atomic mass is 10.1. The van der Waals surface area contributed by atoms with E-state index in [9.17, 15) is 9.59 Å². The summed E-state index contributed by atoms with van der Waals surface area (Å²) in [5, 5.41) is 0. The van der Waals surface area contributed by atoms with Crippen LogP contribution in [-0.4, -0.2) is 86.7 Å². The lowest BCUT2D eigenvalue weighted by Crippen LogP contribution is -2.53. The van der Waals surface area contributed by atoms with E-state index in [1.54, 1.807) is 19.1 Å². The molecule has 1 aliphatic carbocycles. The first-order chi connectivity index (χ1) is 16.6. The number of carbonyl (C=O) groups is 2. The van der Waals surface area contributed by atoms with E-state index in [1.165, 1.54) is 0 Å². The van der Waals surface area contributed by atoms with Crippen molar-refractivity contribution in [3.05, 3.63) is 23.3 Å². The van der Waals surface area contributed by atoms with E-state index in [4.69, 9.17) is 23.7 Å². The number of morpholine rings is 1. The van der Waals surface area contributed by atoms with Gasteiger partial charge in [0.15, 0.2) is 17.6 Å². The maximum Gasteiger partial charge on any atom is 0.410 e. The Kier molecular flexibility index (Phi) is 9.24. The number of rotatable bonds is 10.